The Morgan fingerprint density at radius 2 is 2.05 bits per heavy atom. The van der Waals surface area contributed by atoms with Crippen LogP contribution in [0, 0.1) is 17.8 Å². The maximum atomic E-state index is 11.5. The fraction of sp³-hybridized carbons (Fsp3) is 0.909. The molecule has 8 heteroatoms. The topological polar surface area (TPSA) is 142 Å². The molecule has 0 bridgehead atoms. The van der Waals surface area contributed by atoms with Crippen LogP contribution in [0.2, 0.25) is 6.32 Å². The van der Waals surface area contributed by atoms with Gasteiger partial charge in [0.25, 0.3) is 0 Å². The summed E-state index contributed by atoms with van der Waals surface area (Å²) in [6.07, 6.45) is 1.47. The minimum atomic E-state index is -3.27. The van der Waals surface area contributed by atoms with Crippen LogP contribution in [-0.2, 0) is 4.79 Å². The Morgan fingerprint density at radius 1 is 1.37 bits per heavy atom. The summed E-state index contributed by atoms with van der Waals surface area (Å²) >= 11 is 0. The van der Waals surface area contributed by atoms with Gasteiger partial charge in [-0.2, -0.15) is 0 Å². The molecule has 110 valence electrons. The third-order valence-corrected chi connectivity index (χ3v) is 4.90. The molecule has 19 heavy (non-hydrogen) atoms. The average Bonchev–Trinajstić information content (AvgIpc) is 2.78. The quantitative estimate of drug-likeness (QED) is 0.290. The third-order valence-electron chi connectivity index (χ3n) is 4.90. The molecule has 2 rings (SSSR count). The van der Waals surface area contributed by atoms with Gasteiger partial charge in [-0.25, -0.2) is 4.79 Å². The molecule has 1 aliphatic carbocycles. The summed E-state index contributed by atoms with van der Waals surface area (Å²) in [5.74, 6) is -0.176. The highest BCUT2D eigenvalue weighted by Gasteiger charge is 2.61. The number of hydrogen-bond donors (Lipinski definition) is 6. The summed E-state index contributed by atoms with van der Waals surface area (Å²) in [5, 5.41) is 38.5. The minimum Gasteiger partial charge on any atom is -0.560 e. The van der Waals surface area contributed by atoms with Crippen molar-refractivity contribution in [2.45, 2.75) is 31.1 Å². The molecule has 0 unspecified atom stereocenters. The molecule has 0 aromatic carbocycles. The Labute approximate surface area is 111 Å². The summed E-state index contributed by atoms with van der Waals surface area (Å²) in [5.41, 5.74) is 2.99. The first-order chi connectivity index (χ1) is 8.74. The van der Waals surface area contributed by atoms with E-state index in [2.05, 4.69) is 11.1 Å². The molecular formula is C11H24BN2O5+. The Hall–Kier alpha value is -0.665. The van der Waals surface area contributed by atoms with Crippen molar-refractivity contribution >= 4 is 12.7 Å². The van der Waals surface area contributed by atoms with Crippen molar-refractivity contribution in [2.24, 2.45) is 17.8 Å². The van der Waals surface area contributed by atoms with Gasteiger partial charge in [-0.05, 0) is 6.42 Å². The van der Waals surface area contributed by atoms with Crippen molar-refractivity contribution in [1.29, 1.82) is 0 Å². The second-order valence-electron chi connectivity index (χ2n) is 6.28. The molecule has 1 saturated carbocycles. The van der Waals surface area contributed by atoms with Crippen LogP contribution < -0.4 is 11.1 Å². The van der Waals surface area contributed by atoms with Gasteiger partial charge in [-0.1, -0.05) is 12.7 Å². The summed E-state index contributed by atoms with van der Waals surface area (Å²) < 4.78 is 0. The van der Waals surface area contributed by atoms with Crippen molar-refractivity contribution < 1.29 is 36.0 Å². The Balaban J connectivity index is 2.03. The highest BCUT2D eigenvalue weighted by atomic mass is 16.5. The molecule has 0 amide bonds. The minimum absolute atomic E-state index is 0.0492. The summed E-state index contributed by atoms with van der Waals surface area (Å²) in [7, 11) is 0. The van der Waals surface area contributed by atoms with Crippen molar-refractivity contribution in [3.63, 3.8) is 0 Å². The maximum absolute atomic E-state index is 11.5. The predicted octanol–water partition coefficient (Wildman–Crippen LogP) is -3.42. The number of carboxylic acid groups (broad SMARTS) is 1. The first kappa shape index (κ1) is 14.7. The monoisotopic (exact) mass is 275 g/mol. The zero-order valence-electron chi connectivity index (χ0n) is 11.0. The first-order valence-electron chi connectivity index (χ1n) is 6.97. The van der Waals surface area contributed by atoms with Crippen LogP contribution in [0.1, 0.15) is 19.3 Å². The van der Waals surface area contributed by atoms with Crippen molar-refractivity contribution in [2.75, 3.05) is 13.1 Å². The largest absolute Gasteiger partial charge is 0.560 e. The second kappa shape index (κ2) is 5.03. The van der Waals surface area contributed by atoms with Crippen LogP contribution in [0.3, 0.4) is 0 Å². The number of hydrogen-bond acceptors (Lipinski definition) is 4. The predicted molar refractivity (Wildman–Crippen MR) is 66.5 cm³/mol. The van der Waals surface area contributed by atoms with E-state index in [-0.39, 0.29) is 12.2 Å². The molecule has 2 aliphatic rings. The first-order valence-corrected chi connectivity index (χ1v) is 6.97. The standard InChI is InChI=1S/C11H22BN2O5/c13-11(10(15)16)4-7-5-14-6-8(7)9(11)2-1-3-12(17,18)19/h7-9,14,17-19H,1-6,13H2,(H,15,16)/q-1/p+2/t7-,8+,9-,11-/m0/s1. The van der Waals surface area contributed by atoms with E-state index >= 15 is 0 Å². The van der Waals surface area contributed by atoms with E-state index in [0.29, 0.717) is 31.1 Å². The highest BCUT2D eigenvalue weighted by molar-refractivity contribution is 6.56. The summed E-state index contributed by atoms with van der Waals surface area (Å²) in [6.45, 7) is -1.39. The van der Waals surface area contributed by atoms with E-state index in [1.807, 2.05) is 0 Å². The van der Waals surface area contributed by atoms with E-state index in [9.17, 15) is 9.90 Å². The SMILES string of the molecule is [NH3+][C@@]1(C(=O)O)C[C@H]2C[NH2+]C[C@H]2[C@@H]1CCC[B-](O)(O)O. The van der Waals surface area contributed by atoms with Crippen LogP contribution in [0.25, 0.3) is 0 Å². The lowest BCUT2D eigenvalue weighted by atomic mass is 9.71. The van der Waals surface area contributed by atoms with Gasteiger partial charge < -0.3 is 31.2 Å². The van der Waals surface area contributed by atoms with Gasteiger partial charge in [0.1, 0.15) is 0 Å². The Morgan fingerprint density at radius 3 is 2.63 bits per heavy atom. The fourth-order valence-corrected chi connectivity index (χ4v) is 3.97. The molecule has 1 saturated heterocycles. The van der Waals surface area contributed by atoms with Gasteiger partial charge in [0.2, 0.25) is 0 Å². The normalized spacial score (nSPS) is 38.4. The molecule has 1 aliphatic heterocycles. The van der Waals surface area contributed by atoms with E-state index in [0.717, 1.165) is 13.1 Å². The zero-order chi connectivity index (χ0) is 14.3. The maximum Gasteiger partial charge on any atom is 0.371 e. The van der Waals surface area contributed by atoms with Gasteiger partial charge in [-0.3, -0.25) is 0 Å². The Kier molecular flexibility index (Phi) is 3.90. The second-order valence-corrected chi connectivity index (χ2v) is 6.28. The number of carbonyl (C=O) groups is 1. The molecular weight excluding hydrogens is 251 g/mol. The lowest BCUT2D eigenvalue weighted by molar-refractivity contribution is -0.643. The van der Waals surface area contributed by atoms with E-state index in [1.165, 1.54) is 0 Å². The summed E-state index contributed by atoms with van der Waals surface area (Å²) in [4.78, 5) is 11.5. The number of aliphatic carboxylic acids is 1. The number of rotatable bonds is 5. The van der Waals surface area contributed by atoms with Gasteiger partial charge in [0.15, 0.2) is 5.54 Å². The van der Waals surface area contributed by atoms with Crippen molar-refractivity contribution in [3.8, 4) is 0 Å². The van der Waals surface area contributed by atoms with Crippen LogP contribution in [-0.4, -0.2) is 51.5 Å². The zero-order valence-corrected chi connectivity index (χ0v) is 11.0. The van der Waals surface area contributed by atoms with Gasteiger partial charge in [0, 0.05) is 24.2 Å². The molecule has 0 aromatic heterocycles. The Bertz CT molecular complexity index is 361. The van der Waals surface area contributed by atoms with Gasteiger partial charge in [0.05, 0.1) is 13.1 Å². The smallest absolute Gasteiger partial charge is 0.371 e. The number of fused-ring (bicyclic) bond motifs is 1. The molecule has 0 spiro atoms. The average molecular weight is 275 g/mol. The lowest BCUT2D eigenvalue weighted by Crippen LogP contribution is -2.84. The van der Waals surface area contributed by atoms with Gasteiger partial charge >= 0.3 is 12.7 Å². The molecule has 4 atom stereocenters. The molecule has 0 radical (unpaired) electrons. The third kappa shape index (κ3) is 2.92. The van der Waals surface area contributed by atoms with Gasteiger partial charge in [-0.15, -0.1) is 0 Å². The molecule has 7 nitrogen and oxygen atoms in total. The van der Waals surface area contributed by atoms with Crippen molar-refractivity contribution in [3.05, 3.63) is 0 Å². The van der Waals surface area contributed by atoms with Crippen LogP contribution in [0.15, 0.2) is 0 Å². The number of quaternary nitrogens is 2. The number of nitrogens with two attached hydrogens (primary N) is 1. The van der Waals surface area contributed by atoms with Crippen molar-refractivity contribution in [1.82, 2.24) is 0 Å². The van der Waals surface area contributed by atoms with E-state index in [4.69, 9.17) is 15.1 Å². The van der Waals surface area contributed by atoms with Crippen LogP contribution in [0.4, 0.5) is 0 Å². The molecule has 9 N–H and O–H groups in total. The van der Waals surface area contributed by atoms with E-state index < -0.39 is 18.3 Å². The molecule has 1 heterocycles. The fourth-order valence-electron chi connectivity index (χ4n) is 3.97. The lowest BCUT2D eigenvalue weighted by Gasteiger charge is -2.27. The molecule has 2 fully saturated rings. The van der Waals surface area contributed by atoms with Crippen LogP contribution >= 0.6 is 0 Å². The highest BCUT2D eigenvalue weighted by Crippen LogP contribution is 2.45. The summed E-state index contributed by atoms with van der Waals surface area (Å²) in [6, 6.07) is 0. The van der Waals surface area contributed by atoms with Crippen LogP contribution in [0.5, 0.6) is 0 Å². The van der Waals surface area contributed by atoms with E-state index in [1.54, 1.807) is 0 Å². The molecule has 0 aromatic rings. The number of carboxylic acids is 1.